The molecule has 0 bridgehead atoms. The standard InChI is InChI=1S/C9H9ClINO/c1-6-2-3-7(4-8(6)10)12-9(13)5-11/h2-4H,5H2,1H3,(H,12,13). The van der Waals surface area contributed by atoms with E-state index in [2.05, 4.69) is 5.32 Å². The third kappa shape index (κ3) is 3.15. The van der Waals surface area contributed by atoms with Crippen molar-refractivity contribution in [1.82, 2.24) is 0 Å². The van der Waals surface area contributed by atoms with Gasteiger partial charge in [-0.1, -0.05) is 40.3 Å². The first kappa shape index (κ1) is 10.8. The van der Waals surface area contributed by atoms with Crippen molar-refractivity contribution in [2.45, 2.75) is 6.92 Å². The summed E-state index contributed by atoms with van der Waals surface area (Å²) < 4.78 is 0.448. The van der Waals surface area contributed by atoms with Crippen molar-refractivity contribution in [3.05, 3.63) is 28.8 Å². The molecular formula is C9H9ClINO. The molecule has 0 aromatic heterocycles. The summed E-state index contributed by atoms with van der Waals surface area (Å²) in [7, 11) is 0. The maximum absolute atomic E-state index is 11.0. The van der Waals surface area contributed by atoms with Gasteiger partial charge in [-0.2, -0.15) is 0 Å². The number of benzene rings is 1. The topological polar surface area (TPSA) is 29.1 Å². The fourth-order valence-corrected chi connectivity index (χ4v) is 1.24. The number of nitrogens with one attached hydrogen (secondary N) is 1. The number of halogens is 2. The monoisotopic (exact) mass is 309 g/mol. The zero-order valence-electron chi connectivity index (χ0n) is 7.10. The molecule has 0 spiro atoms. The summed E-state index contributed by atoms with van der Waals surface area (Å²) in [5, 5.41) is 3.40. The number of hydrogen-bond acceptors (Lipinski definition) is 1. The number of hydrogen-bond donors (Lipinski definition) is 1. The Balaban J connectivity index is 2.79. The van der Waals surface area contributed by atoms with Gasteiger partial charge in [0.05, 0.1) is 4.43 Å². The molecule has 0 radical (unpaired) electrons. The predicted molar refractivity (Wildman–Crippen MR) is 63.7 cm³/mol. The van der Waals surface area contributed by atoms with Crippen molar-refractivity contribution in [2.24, 2.45) is 0 Å². The van der Waals surface area contributed by atoms with Gasteiger partial charge in [0.25, 0.3) is 0 Å². The normalized spacial score (nSPS) is 9.77. The van der Waals surface area contributed by atoms with E-state index in [1.165, 1.54) is 0 Å². The molecule has 4 heteroatoms. The summed E-state index contributed by atoms with van der Waals surface area (Å²) >= 11 is 7.90. The second-order valence-corrected chi connectivity index (χ2v) is 3.82. The average Bonchev–Trinajstić information content (AvgIpc) is 2.11. The Morgan fingerprint density at radius 1 is 1.62 bits per heavy atom. The van der Waals surface area contributed by atoms with Gasteiger partial charge in [0.15, 0.2) is 0 Å². The van der Waals surface area contributed by atoms with Crippen LogP contribution in [-0.2, 0) is 4.79 Å². The van der Waals surface area contributed by atoms with Gasteiger partial charge in [-0.25, -0.2) is 0 Å². The van der Waals surface area contributed by atoms with E-state index in [1.54, 1.807) is 6.07 Å². The van der Waals surface area contributed by atoms with Gasteiger partial charge in [0.1, 0.15) is 0 Å². The van der Waals surface area contributed by atoms with E-state index in [0.717, 1.165) is 11.3 Å². The van der Waals surface area contributed by atoms with Gasteiger partial charge in [0.2, 0.25) is 5.91 Å². The molecule has 0 fully saturated rings. The van der Waals surface area contributed by atoms with Gasteiger partial charge in [-0.05, 0) is 24.6 Å². The molecular weight excluding hydrogens is 300 g/mol. The number of carbonyl (C=O) groups is 1. The van der Waals surface area contributed by atoms with Crippen molar-refractivity contribution >= 4 is 45.8 Å². The lowest BCUT2D eigenvalue weighted by Crippen LogP contribution is -2.12. The van der Waals surface area contributed by atoms with Crippen molar-refractivity contribution in [3.8, 4) is 0 Å². The summed E-state index contributed by atoms with van der Waals surface area (Å²) in [5.41, 5.74) is 1.76. The number of rotatable bonds is 2. The van der Waals surface area contributed by atoms with E-state index < -0.39 is 0 Å². The molecule has 0 unspecified atom stereocenters. The van der Waals surface area contributed by atoms with Crippen molar-refractivity contribution in [1.29, 1.82) is 0 Å². The van der Waals surface area contributed by atoms with Crippen molar-refractivity contribution in [3.63, 3.8) is 0 Å². The second kappa shape index (κ2) is 4.81. The molecule has 1 amide bonds. The fourth-order valence-electron chi connectivity index (χ4n) is 0.865. The quantitative estimate of drug-likeness (QED) is 0.660. The molecule has 0 aliphatic heterocycles. The summed E-state index contributed by atoms with van der Waals surface area (Å²) in [5.74, 6) is -0.0134. The number of amides is 1. The molecule has 1 aromatic carbocycles. The maximum Gasteiger partial charge on any atom is 0.234 e. The smallest absolute Gasteiger partial charge is 0.234 e. The molecule has 13 heavy (non-hydrogen) atoms. The highest BCUT2D eigenvalue weighted by Gasteiger charge is 2.01. The van der Waals surface area contributed by atoms with E-state index in [-0.39, 0.29) is 5.91 Å². The van der Waals surface area contributed by atoms with Crippen molar-refractivity contribution in [2.75, 3.05) is 9.74 Å². The summed E-state index contributed by atoms with van der Waals surface area (Å²) in [6.45, 7) is 1.92. The summed E-state index contributed by atoms with van der Waals surface area (Å²) in [6, 6.07) is 5.47. The lowest BCUT2D eigenvalue weighted by Gasteiger charge is -2.04. The van der Waals surface area contributed by atoms with E-state index in [4.69, 9.17) is 11.6 Å². The zero-order chi connectivity index (χ0) is 9.84. The third-order valence-electron chi connectivity index (χ3n) is 1.58. The van der Waals surface area contributed by atoms with Crippen LogP contribution in [0.5, 0.6) is 0 Å². The zero-order valence-corrected chi connectivity index (χ0v) is 10.0. The largest absolute Gasteiger partial charge is 0.325 e. The number of aryl methyl sites for hydroxylation is 1. The molecule has 0 saturated carbocycles. The Morgan fingerprint density at radius 2 is 2.31 bits per heavy atom. The Morgan fingerprint density at radius 3 is 2.85 bits per heavy atom. The van der Waals surface area contributed by atoms with Crippen LogP contribution in [0, 0.1) is 6.92 Å². The third-order valence-corrected chi connectivity index (χ3v) is 2.68. The molecule has 70 valence electrons. The van der Waals surface area contributed by atoms with Crippen LogP contribution in [0.4, 0.5) is 5.69 Å². The van der Waals surface area contributed by atoms with Crippen LogP contribution in [0.15, 0.2) is 18.2 Å². The molecule has 0 aliphatic carbocycles. The Bertz CT molecular complexity index is 327. The lowest BCUT2D eigenvalue weighted by atomic mass is 10.2. The van der Waals surface area contributed by atoms with Crippen molar-refractivity contribution < 1.29 is 4.79 Å². The molecule has 0 heterocycles. The molecule has 0 aliphatic rings. The maximum atomic E-state index is 11.0. The van der Waals surface area contributed by atoms with Crippen LogP contribution in [-0.4, -0.2) is 10.3 Å². The van der Waals surface area contributed by atoms with Gasteiger partial charge in [-0.3, -0.25) is 4.79 Å². The van der Waals surface area contributed by atoms with Gasteiger partial charge < -0.3 is 5.32 Å². The highest BCUT2D eigenvalue weighted by molar-refractivity contribution is 14.1. The number of carbonyl (C=O) groups excluding carboxylic acids is 1. The first-order valence-corrected chi connectivity index (χ1v) is 5.66. The van der Waals surface area contributed by atoms with Crippen LogP contribution >= 0.6 is 34.2 Å². The summed E-state index contributed by atoms with van der Waals surface area (Å²) in [4.78, 5) is 11.0. The molecule has 1 aromatic rings. The molecule has 0 saturated heterocycles. The second-order valence-electron chi connectivity index (χ2n) is 2.65. The minimum atomic E-state index is -0.0134. The highest BCUT2D eigenvalue weighted by atomic mass is 127. The SMILES string of the molecule is Cc1ccc(NC(=O)CI)cc1Cl. The van der Waals surface area contributed by atoms with E-state index in [9.17, 15) is 4.79 Å². The first-order chi connectivity index (χ1) is 6.13. The van der Waals surface area contributed by atoms with E-state index >= 15 is 0 Å². The predicted octanol–water partition coefficient (Wildman–Crippen LogP) is 3.02. The molecule has 0 atom stereocenters. The van der Waals surface area contributed by atoms with Crippen LogP contribution in [0.2, 0.25) is 5.02 Å². The number of alkyl halides is 1. The lowest BCUT2D eigenvalue weighted by molar-refractivity contribution is -0.113. The summed E-state index contributed by atoms with van der Waals surface area (Å²) in [6.07, 6.45) is 0. The Labute approximate surface area is 95.8 Å². The average molecular weight is 310 g/mol. The van der Waals surface area contributed by atoms with Crippen LogP contribution in [0.3, 0.4) is 0 Å². The van der Waals surface area contributed by atoms with Gasteiger partial charge in [0, 0.05) is 10.7 Å². The molecule has 2 nitrogen and oxygen atoms in total. The van der Waals surface area contributed by atoms with Crippen LogP contribution in [0.1, 0.15) is 5.56 Å². The first-order valence-electron chi connectivity index (χ1n) is 3.75. The fraction of sp³-hybridized carbons (Fsp3) is 0.222. The van der Waals surface area contributed by atoms with Crippen LogP contribution in [0.25, 0.3) is 0 Å². The number of anilines is 1. The highest BCUT2D eigenvalue weighted by Crippen LogP contribution is 2.19. The molecule has 1 N–H and O–H groups in total. The van der Waals surface area contributed by atoms with Crippen LogP contribution < -0.4 is 5.32 Å². The van der Waals surface area contributed by atoms with E-state index in [0.29, 0.717) is 9.45 Å². The Kier molecular flexibility index (Phi) is 3.99. The van der Waals surface area contributed by atoms with Gasteiger partial charge >= 0.3 is 0 Å². The Hall–Kier alpha value is -0.290. The molecule has 1 rings (SSSR count). The van der Waals surface area contributed by atoms with E-state index in [1.807, 2.05) is 41.6 Å². The van der Waals surface area contributed by atoms with Gasteiger partial charge in [-0.15, -0.1) is 0 Å². The minimum Gasteiger partial charge on any atom is -0.325 e. The minimum absolute atomic E-state index is 0.0134.